The molecule has 1 aliphatic heterocycles. The van der Waals surface area contributed by atoms with Gasteiger partial charge in [-0.05, 0) is 48.3 Å². The molecule has 1 nitrogen and oxygen atoms in total. The van der Waals surface area contributed by atoms with Crippen molar-refractivity contribution in [3.05, 3.63) is 0 Å². The summed E-state index contributed by atoms with van der Waals surface area (Å²) < 4.78 is 5.87. The molecule has 0 N–H and O–H groups in total. The number of hydrogen-bond acceptors (Lipinski definition) is 1. The molecule has 0 radical (unpaired) electrons. The van der Waals surface area contributed by atoms with Crippen molar-refractivity contribution in [1.29, 1.82) is 0 Å². The minimum Gasteiger partial charge on any atom is -0.380 e. The molecule has 0 amide bonds. The highest BCUT2D eigenvalue weighted by atomic mass is 16.5. The van der Waals surface area contributed by atoms with Crippen LogP contribution in [0.3, 0.4) is 0 Å². The molecule has 8 atom stereocenters. The SMILES string of the molecule is C1[C@@H]2[C@@H]3[C@@H]4C[C@]56COC[C@]5([C@@H]2[C@H]36)[C@@H]14. The summed E-state index contributed by atoms with van der Waals surface area (Å²) in [6, 6.07) is 0. The second-order valence-corrected chi connectivity index (χ2v) is 6.69. The molecule has 13 heavy (non-hydrogen) atoms. The van der Waals surface area contributed by atoms with Gasteiger partial charge in [0.25, 0.3) is 0 Å². The van der Waals surface area contributed by atoms with Crippen molar-refractivity contribution in [3.63, 3.8) is 0 Å². The predicted molar refractivity (Wildman–Crippen MR) is 45.9 cm³/mol. The first kappa shape index (κ1) is 5.75. The molecule has 1 heteroatoms. The van der Waals surface area contributed by atoms with E-state index in [-0.39, 0.29) is 0 Å². The van der Waals surface area contributed by atoms with Gasteiger partial charge in [0, 0.05) is 10.8 Å². The van der Waals surface area contributed by atoms with Crippen molar-refractivity contribution in [2.75, 3.05) is 13.2 Å². The molecule has 2 spiro atoms. The fourth-order valence-corrected chi connectivity index (χ4v) is 7.72. The molecular formula is C12H14O. The second kappa shape index (κ2) is 1.18. The van der Waals surface area contributed by atoms with Crippen LogP contribution in [-0.4, -0.2) is 13.2 Å². The van der Waals surface area contributed by atoms with Gasteiger partial charge in [-0.1, -0.05) is 0 Å². The Kier molecular flexibility index (Phi) is 0.520. The van der Waals surface area contributed by atoms with Gasteiger partial charge in [0.2, 0.25) is 0 Å². The first-order valence-electron chi connectivity index (χ1n) is 5.98. The summed E-state index contributed by atoms with van der Waals surface area (Å²) in [5.41, 5.74) is 1.55. The lowest BCUT2D eigenvalue weighted by molar-refractivity contribution is -0.270. The van der Waals surface area contributed by atoms with Crippen molar-refractivity contribution in [2.24, 2.45) is 46.3 Å². The van der Waals surface area contributed by atoms with Gasteiger partial charge in [-0.2, -0.15) is 0 Å². The minimum atomic E-state index is 0.769. The van der Waals surface area contributed by atoms with Crippen LogP contribution in [0.25, 0.3) is 0 Å². The highest BCUT2D eigenvalue weighted by Crippen LogP contribution is 2.99. The zero-order valence-electron chi connectivity index (χ0n) is 7.70. The smallest absolute Gasteiger partial charge is 0.0534 e. The fraction of sp³-hybridized carbons (Fsp3) is 1.00. The molecule has 0 aromatic rings. The molecule has 7 fully saturated rings. The second-order valence-electron chi connectivity index (χ2n) is 6.69. The van der Waals surface area contributed by atoms with E-state index in [0.717, 1.165) is 23.4 Å². The van der Waals surface area contributed by atoms with Gasteiger partial charge in [-0.15, -0.1) is 0 Å². The monoisotopic (exact) mass is 174 g/mol. The topological polar surface area (TPSA) is 9.23 Å². The molecule has 1 saturated heterocycles. The molecule has 68 valence electrons. The van der Waals surface area contributed by atoms with Crippen LogP contribution in [0, 0.1) is 46.3 Å². The van der Waals surface area contributed by atoms with Crippen molar-refractivity contribution < 1.29 is 4.74 Å². The van der Waals surface area contributed by atoms with Gasteiger partial charge >= 0.3 is 0 Å². The molecule has 6 aliphatic carbocycles. The maximum Gasteiger partial charge on any atom is 0.0534 e. The normalized spacial score (nSPS) is 88.6. The minimum absolute atomic E-state index is 0.769. The maximum atomic E-state index is 5.87. The van der Waals surface area contributed by atoms with Gasteiger partial charge in [-0.25, -0.2) is 0 Å². The van der Waals surface area contributed by atoms with Gasteiger partial charge in [0.05, 0.1) is 13.2 Å². The van der Waals surface area contributed by atoms with E-state index in [0.29, 0.717) is 0 Å². The van der Waals surface area contributed by atoms with Crippen molar-refractivity contribution in [2.45, 2.75) is 12.8 Å². The summed E-state index contributed by atoms with van der Waals surface area (Å²) in [7, 11) is 0. The lowest BCUT2D eigenvalue weighted by Crippen LogP contribution is -2.73. The Morgan fingerprint density at radius 2 is 2.08 bits per heavy atom. The van der Waals surface area contributed by atoms with Crippen LogP contribution < -0.4 is 0 Å². The molecule has 0 aromatic heterocycles. The summed E-state index contributed by atoms with van der Waals surface area (Å²) in [6.45, 7) is 2.32. The molecule has 1 heterocycles. The highest BCUT2D eigenvalue weighted by molar-refractivity contribution is 5.43. The van der Waals surface area contributed by atoms with E-state index >= 15 is 0 Å². The molecule has 7 rings (SSSR count). The Labute approximate surface area is 77.8 Å². The van der Waals surface area contributed by atoms with Crippen LogP contribution in [0.5, 0.6) is 0 Å². The average Bonchev–Trinajstić information content (AvgIpc) is 2.64. The summed E-state index contributed by atoms with van der Waals surface area (Å²) in [5.74, 6) is 7.06. The third-order valence-corrected chi connectivity index (χ3v) is 7.42. The van der Waals surface area contributed by atoms with E-state index in [4.69, 9.17) is 4.74 Å². The average molecular weight is 174 g/mol. The Hall–Kier alpha value is -0.0400. The lowest BCUT2D eigenvalue weighted by atomic mass is 9.29. The summed E-state index contributed by atoms with van der Waals surface area (Å²) >= 11 is 0. The Morgan fingerprint density at radius 3 is 3.08 bits per heavy atom. The van der Waals surface area contributed by atoms with Crippen LogP contribution in [0.4, 0.5) is 0 Å². The van der Waals surface area contributed by atoms with Crippen LogP contribution in [0.15, 0.2) is 0 Å². The van der Waals surface area contributed by atoms with Crippen LogP contribution in [-0.2, 0) is 4.74 Å². The van der Waals surface area contributed by atoms with Gasteiger partial charge < -0.3 is 4.74 Å². The first-order valence-corrected chi connectivity index (χ1v) is 5.98. The quantitative estimate of drug-likeness (QED) is 0.541. The van der Waals surface area contributed by atoms with Gasteiger partial charge in [-0.3, -0.25) is 0 Å². The highest BCUT2D eigenvalue weighted by Gasteiger charge is 2.96. The van der Waals surface area contributed by atoms with Gasteiger partial charge in [0.1, 0.15) is 0 Å². The molecule has 6 saturated carbocycles. The van der Waals surface area contributed by atoms with Gasteiger partial charge in [0.15, 0.2) is 0 Å². The fourth-order valence-electron chi connectivity index (χ4n) is 7.72. The zero-order chi connectivity index (χ0) is 8.00. The third-order valence-electron chi connectivity index (χ3n) is 7.42. The van der Waals surface area contributed by atoms with E-state index in [9.17, 15) is 0 Å². The van der Waals surface area contributed by atoms with Crippen molar-refractivity contribution >= 4 is 0 Å². The molecule has 0 aromatic carbocycles. The number of hydrogen-bond donors (Lipinski definition) is 0. The van der Waals surface area contributed by atoms with E-state index in [2.05, 4.69) is 0 Å². The molecule has 0 unspecified atom stereocenters. The predicted octanol–water partition coefficient (Wildman–Crippen LogP) is 1.53. The van der Waals surface area contributed by atoms with E-state index in [1.807, 2.05) is 0 Å². The number of rotatable bonds is 0. The van der Waals surface area contributed by atoms with E-state index in [1.54, 1.807) is 12.8 Å². The Balaban J connectivity index is 1.80. The Bertz CT molecular complexity index is 364. The van der Waals surface area contributed by atoms with E-state index in [1.165, 1.54) is 36.2 Å². The van der Waals surface area contributed by atoms with Crippen LogP contribution in [0.1, 0.15) is 12.8 Å². The lowest BCUT2D eigenvalue weighted by Gasteiger charge is -2.73. The molecule has 4 bridgehead atoms. The summed E-state index contributed by atoms with van der Waals surface area (Å²) in [6.07, 6.45) is 3.20. The summed E-state index contributed by atoms with van der Waals surface area (Å²) in [5, 5.41) is 0. The summed E-state index contributed by atoms with van der Waals surface area (Å²) in [4.78, 5) is 0. The van der Waals surface area contributed by atoms with Crippen LogP contribution >= 0.6 is 0 Å². The zero-order valence-corrected chi connectivity index (χ0v) is 7.70. The van der Waals surface area contributed by atoms with Crippen LogP contribution in [0.2, 0.25) is 0 Å². The standard InChI is InChI=1S/C12H14O/c1-5-8-6-2-11-3-13-4-12(11,7(1)6)9(5)10(8)11/h5-10H,1-4H2/t5-,6-,7+,8-,9+,10+,11-,12-/m1/s1. The third kappa shape index (κ3) is 0.257. The molecule has 7 aliphatic rings. The number of ether oxygens (including phenoxy) is 1. The van der Waals surface area contributed by atoms with Crippen molar-refractivity contribution in [1.82, 2.24) is 0 Å². The Morgan fingerprint density at radius 1 is 1.08 bits per heavy atom. The van der Waals surface area contributed by atoms with E-state index < -0.39 is 0 Å². The largest absolute Gasteiger partial charge is 0.380 e. The first-order chi connectivity index (χ1) is 6.40. The van der Waals surface area contributed by atoms with Crippen molar-refractivity contribution in [3.8, 4) is 0 Å². The maximum absolute atomic E-state index is 5.87. The molecular weight excluding hydrogens is 160 g/mol.